The monoisotopic (exact) mass is 228 g/mol. The average molecular weight is 228 g/mol. The van der Waals surface area contributed by atoms with Gasteiger partial charge in [-0.2, -0.15) is 0 Å². The zero-order valence-electron chi connectivity index (χ0n) is 9.17. The fraction of sp³-hybridized carbons (Fsp3) is 0.727. The van der Waals surface area contributed by atoms with Crippen molar-refractivity contribution >= 4 is 6.16 Å². The lowest BCUT2D eigenvalue weighted by Gasteiger charge is -2.24. The van der Waals surface area contributed by atoms with Gasteiger partial charge in [-0.3, -0.25) is 0 Å². The number of hydrogen-bond acceptors (Lipinski definition) is 4. The van der Waals surface area contributed by atoms with E-state index in [9.17, 15) is 4.79 Å². The Bertz CT molecular complexity index is 288. The number of fused-ring (bicyclic) bond motifs is 1. The Morgan fingerprint density at radius 2 is 2.00 bits per heavy atom. The molecule has 4 atom stereocenters. The van der Waals surface area contributed by atoms with E-state index in [1.54, 1.807) is 6.08 Å². The molecule has 90 valence electrons. The highest BCUT2D eigenvalue weighted by atomic mass is 16.7. The Kier molecular flexibility index (Phi) is 3.46. The molecule has 0 saturated carbocycles. The number of carbonyl (C=O) groups is 1. The summed E-state index contributed by atoms with van der Waals surface area (Å²) in [4.78, 5) is 10.5. The van der Waals surface area contributed by atoms with Crippen LogP contribution in [0.3, 0.4) is 0 Å². The third-order valence-electron chi connectivity index (χ3n) is 2.95. The normalized spacial score (nSPS) is 40.6. The molecule has 2 aliphatic rings. The van der Waals surface area contributed by atoms with Crippen molar-refractivity contribution < 1.29 is 24.1 Å². The Balaban J connectivity index is 2.05. The Morgan fingerprint density at radius 1 is 1.31 bits per heavy atom. The maximum atomic E-state index is 10.5. The molecule has 1 aliphatic carbocycles. The van der Waals surface area contributed by atoms with Crippen LogP contribution in [-0.2, 0) is 14.2 Å². The van der Waals surface area contributed by atoms with Crippen LogP contribution in [0.1, 0.15) is 19.8 Å². The largest absolute Gasteiger partial charge is 0.506 e. The summed E-state index contributed by atoms with van der Waals surface area (Å²) >= 11 is 0. The van der Waals surface area contributed by atoms with Crippen molar-refractivity contribution in [2.45, 2.75) is 38.1 Å². The van der Waals surface area contributed by atoms with Gasteiger partial charge < -0.3 is 19.3 Å². The molecule has 0 amide bonds. The third kappa shape index (κ3) is 2.74. The molecule has 2 rings (SSSR count). The van der Waals surface area contributed by atoms with Gasteiger partial charge in [-0.05, 0) is 18.4 Å². The molecule has 0 aromatic carbocycles. The minimum Gasteiger partial charge on any atom is -0.450 e. The highest BCUT2D eigenvalue weighted by molar-refractivity contribution is 5.57. The SMILES string of the molecule is CC1/C=C/C(OC(=O)O)CC2OCOC2C1. The summed E-state index contributed by atoms with van der Waals surface area (Å²) in [5, 5.41) is 8.61. The van der Waals surface area contributed by atoms with Gasteiger partial charge in [-0.1, -0.05) is 13.0 Å². The summed E-state index contributed by atoms with van der Waals surface area (Å²) in [5.74, 6) is 0.342. The number of ether oxygens (including phenoxy) is 3. The fourth-order valence-corrected chi connectivity index (χ4v) is 2.15. The lowest BCUT2D eigenvalue weighted by atomic mass is 9.93. The van der Waals surface area contributed by atoms with Crippen LogP contribution in [-0.4, -0.2) is 36.4 Å². The molecule has 1 fully saturated rings. The second-order valence-electron chi connectivity index (χ2n) is 4.28. The van der Waals surface area contributed by atoms with Crippen LogP contribution in [0.5, 0.6) is 0 Å². The minimum absolute atomic E-state index is 0.0554. The van der Waals surface area contributed by atoms with Gasteiger partial charge in [-0.15, -0.1) is 0 Å². The van der Waals surface area contributed by atoms with Crippen LogP contribution in [0.15, 0.2) is 12.2 Å². The summed E-state index contributed by atoms with van der Waals surface area (Å²) in [5.41, 5.74) is 0. The molecule has 4 unspecified atom stereocenters. The summed E-state index contributed by atoms with van der Waals surface area (Å²) in [6.07, 6.45) is 3.52. The first-order chi connectivity index (χ1) is 7.65. The van der Waals surface area contributed by atoms with E-state index in [1.165, 1.54) is 0 Å². The molecular formula is C11H16O5. The van der Waals surface area contributed by atoms with Crippen LogP contribution in [0, 0.1) is 5.92 Å². The topological polar surface area (TPSA) is 65.0 Å². The second-order valence-corrected chi connectivity index (χ2v) is 4.28. The number of allylic oxidation sites excluding steroid dienone is 1. The van der Waals surface area contributed by atoms with Crippen LogP contribution in [0.4, 0.5) is 4.79 Å². The highest BCUT2D eigenvalue weighted by Gasteiger charge is 2.34. The van der Waals surface area contributed by atoms with E-state index >= 15 is 0 Å². The predicted molar refractivity (Wildman–Crippen MR) is 55.0 cm³/mol. The van der Waals surface area contributed by atoms with Crippen LogP contribution in [0.2, 0.25) is 0 Å². The molecule has 0 aromatic heterocycles. The first-order valence-corrected chi connectivity index (χ1v) is 5.46. The van der Waals surface area contributed by atoms with Crippen molar-refractivity contribution in [2.24, 2.45) is 5.92 Å². The van der Waals surface area contributed by atoms with E-state index < -0.39 is 12.3 Å². The van der Waals surface area contributed by atoms with Crippen molar-refractivity contribution in [3.8, 4) is 0 Å². The summed E-state index contributed by atoms with van der Waals surface area (Å²) in [6, 6.07) is 0. The summed E-state index contributed by atoms with van der Waals surface area (Å²) < 4.78 is 15.7. The summed E-state index contributed by atoms with van der Waals surface area (Å²) in [6.45, 7) is 2.36. The van der Waals surface area contributed by atoms with Gasteiger partial charge in [0, 0.05) is 6.42 Å². The van der Waals surface area contributed by atoms with Gasteiger partial charge in [0.15, 0.2) is 0 Å². The molecule has 5 heteroatoms. The number of rotatable bonds is 1. The van der Waals surface area contributed by atoms with Gasteiger partial charge in [0.1, 0.15) is 12.9 Å². The standard InChI is InChI=1S/C11H16O5/c1-7-2-3-8(16-11(12)13)5-10-9(4-7)14-6-15-10/h2-3,7-10H,4-6H2,1H3,(H,12,13)/b3-2+. The minimum atomic E-state index is -1.25. The van der Waals surface area contributed by atoms with E-state index in [2.05, 4.69) is 6.92 Å². The summed E-state index contributed by atoms with van der Waals surface area (Å²) in [7, 11) is 0. The van der Waals surface area contributed by atoms with E-state index in [0.717, 1.165) is 6.42 Å². The highest BCUT2D eigenvalue weighted by Crippen LogP contribution is 2.27. The zero-order chi connectivity index (χ0) is 11.5. The van der Waals surface area contributed by atoms with Crippen LogP contribution < -0.4 is 0 Å². The van der Waals surface area contributed by atoms with Crippen molar-refractivity contribution in [2.75, 3.05) is 6.79 Å². The molecule has 0 aromatic rings. The third-order valence-corrected chi connectivity index (χ3v) is 2.95. The smallest absolute Gasteiger partial charge is 0.450 e. The van der Waals surface area contributed by atoms with Crippen LogP contribution in [0.25, 0.3) is 0 Å². The molecule has 0 radical (unpaired) electrons. The van der Waals surface area contributed by atoms with Gasteiger partial charge in [-0.25, -0.2) is 4.79 Å². The molecule has 0 bridgehead atoms. The molecule has 5 nitrogen and oxygen atoms in total. The van der Waals surface area contributed by atoms with Gasteiger partial charge in [0.2, 0.25) is 0 Å². The van der Waals surface area contributed by atoms with Gasteiger partial charge in [0.25, 0.3) is 0 Å². The lowest BCUT2D eigenvalue weighted by molar-refractivity contribution is 0.0204. The van der Waals surface area contributed by atoms with E-state index in [1.807, 2.05) is 6.08 Å². The van der Waals surface area contributed by atoms with Crippen molar-refractivity contribution in [1.29, 1.82) is 0 Å². The molecule has 1 aliphatic heterocycles. The van der Waals surface area contributed by atoms with E-state index in [-0.39, 0.29) is 12.2 Å². The Labute approximate surface area is 94.0 Å². The number of hydrogen-bond donors (Lipinski definition) is 1. The molecule has 16 heavy (non-hydrogen) atoms. The van der Waals surface area contributed by atoms with Crippen molar-refractivity contribution in [1.82, 2.24) is 0 Å². The quantitative estimate of drug-likeness (QED) is 0.547. The Morgan fingerprint density at radius 3 is 2.69 bits per heavy atom. The second kappa shape index (κ2) is 4.84. The molecule has 1 N–H and O–H groups in total. The first-order valence-electron chi connectivity index (χ1n) is 5.46. The lowest BCUT2D eigenvalue weighted by Crippen LogP contribution is -2.31. The van der Waals surface area contributed by atoms with E-state index in [4.69, 9.17) is 19.3 Å². The Hall–Kier alpha value is -1.07. The first kappa shape index (κ1) is 11.4. The average Bonchev–Trinajstić information content (AvgIpc) is 2.58. The van der Waals surface area contributed by atoms with Gasteiger partial charge in [0.05, 0.1) is 12.2 Å². The van der Waals surface area contributed by atoms with Crippen molar-refractivity contribution in [3.63, 3.8) is 0 Å². The van der Waals surface area contributed by atoms with Gasteiger partial charge >= 0.3 is 6.16 Å². The van der Waals surface area contributed by atoms with E-state index in [0.29, 0.717) is 19.1 Å². The number of carboxylic acid groups (broad SMARTS) is 1. The maximum absolute atomic E-state index is 10.5. The molecule has 1 heterocycles. The van der Waals surface area contributed by atoms with Crippen LogP contribution >= 0.6 is 0 Å². The molecule has 1 saturated heterocycles. The fourth-order valence-electron chi connectivity index (χ4n) is 2.15. The molecular weight excluding hydrogens is 212 g/mol. The van der Waals surface area contributed by atoms with Crippen molar-refractivity contribution in [3.05, 3.63) is 12.2 Å². The zero-order valence-corrected chi connectivity index (χ0v) is 9.17. The maximum Gasteiger partial charge on any atom is 0.506 e. The molecule has 0 spiro atoms. The predicted octanol–water partition coefficient (Wildman–Crippen LogP) is 1.78.